The minimum Gasteiger partial charge on any atom is -0.493 e. The van der Waals surface area contributed by atoms with Gasteiger partial charge in [-0.05, 0) is 44.3 Å². The smallest absolute Gasteiger partial charge is 0.191 e. The highest BCUT2D eigenvalue weighted by Crippen LogP contribution is 2.31. The second kappa shape index (κ2) is 11.2. The lowest BCUT2D eigenvalue weighted by Crippen LogP contribution is -2.42. The van der Waals surface area contributed by atoms with Crippen molar-refractivity contribution in [3.05, 3.63) is 42.2 Å². The number of aromatic nitrogens is 2. The Kier molecular flexibility index (Phi) is 8.61. The second-order valence-electron chi connectivity index (χ2n) is 6.60. The third-order valence-corrected chi connectivity index (χ3v) is 4.52. The lowest BCUT2D eigenvalue weighted by molar-refractivity contribution is 0.295. The van der Waals surface area contributed by atoms with Crippen LogP contribution in [0.5, 0.6) is 11.5 Å². The van der Waals surface area contributed by atoms with E-state index in [0.29, 0.717) is 6.54 Å². The highest BCUT2D eigenvalue weighted by atomic mass is 16.5. The maximum atomic E-state index is 5.44. The van der Waals surface area contributed by atoms with Crippen LogP contribution in [-0.4, -0.2) is 69.1 Å². The summed E-state index contributed by atoms with van der Waals surface area (Å²) in [5, 5.41) is 11.0. The van der Waals surface area contributed by atoms with Gasteiger partial charge in [0, 0.05) is 39.1 Å². The van der Waals surface area contributed by atoms with Crippen LogP contribution in [0.4, 0.5) is 0 Å². The van der Waals surface area contributed by atoms with Gasteiger partial charge in [0.05, 0.1) is 20.3 Å². The van der Waals surface area contributed by atoms with E-state index in [0.717, 1.165) is 42.5 Å². The summed E-state index contributed by atoms with van der Waals surface area (Å²) in [5.41, 5.74) is 1.14. The maximum Gasteiger partial charge on any atom is 0.191 e. The normalized spacial score (nSPS) is 12.7. The van der Waals surface area contributed by atoms with E-state index in [2.05, 4.69) is 45.8 Å². The monoisotopic (exact) mass is 388 g/mol. The average molecular weight is 389 g/mol. The van der Waals surface area contributed by atoms with E-state index in [4.69, 9.17) is 9.47 Å². The molecule has 0 saturated carbocycles. The van der Waals surface area contributed by atoms with E-state index in [1.165, 1.54) is 0 Å². The lowest BCUT2D eigenvalue weighted by atomic mass is 10.1. The summed E-state index contributed by atoms with van der Waals surface area (Å²) in [5.74, 6) is 2.24. The fraction of sp³-hybridized carbons (Fsp3) is 0.500. The first-order valence-electron chi connectivity index (χ1n) is 9.39. The number of nitrogens with zero attached hydrogens (tertiary/aromatic N) is 4. The molecular weight excluding hydrogens is 356 g/mol. The molecule has 1 atom stereocenters. The number of rotatable bonds is 10. The molecule has 1 heterocycles. The van der Waals surface area contributed by atoms with Gasteiger partial charge in [-0.1, -0.05) is 6.07 Å². The van der Waals surface area contributed by atoms with Crippen LogP contribution < -0.4 is 20.1 Å². The molecule has 1 aromatic heterocycles. The Hall–Kier alpha value is -2.74. The van der Waals surface area contributed by atoms with Crippen molar-refractivity contribution >= 4 is 5.96 Å². The average Bonchev–Trinajstić information content (AvgIpc) is 3.22. The number of aryl methyl sites for hydroxylation is 1. The third-order valence-electron chi connectivity index (χ3n) is 4.52. The van der Waals surface area contributed by atoms with Crippen LogP contribution in [0.3, 0.4) is 0 Å². The SMILES string of the molecule is CN=C(NCCCn1cccn1)NCC(c1ccc(OC)c(OC)c1)N(C)C. The van der Waals surface area contributed by atoms with Crippen molar-refractivity contribution in [1.82, 2.24) is 25.3 Å². The fourth-order valence-corrected chi connectivity index (χ4v) is 2.95. The molecule has 0 aliphatic rings. The first kappa shape index (κ1) is 21.6. The molecule has 154 valence electrons. The highest BCUT2D eigenvalue weighted by molar-refractivity contribution is 5.79. The van der Waals surface area contributed by atoms with Gasteiger partial charge in [0.1, 0.15) is 0 Å². The molecule has 8 nitrogen and oxygen atoms in total. The molecule has 2 N–H and O–H groups in total. The van der Waals surface area contributed by atoms with Gasteiger partial charge in [0.15, 0.2) is 17.5 Å². The number of benzene rings is 1. The molecule has 0 amide bonds. The molecule has 0 saturated heterocycles. The van der Waals surface area contributed by atoms with Crippen molar-refractivity contribution in [2.24, 2.45) is 4.99 Å². The Bertz CT molecular complexity index is 730. The van der Waals surface area contributed by atoms with Gasteiger partial charge in [-0.2, -0.15) is 5.10 Å². The number of nitrogens with one attached hydrogen (secondary N) is 2. The minimum absolute atomic E-state index is 0.155. The summed E-state index contributed by atoms with van der Waals surface area (Å²) in [6, 6.07) is 8.11. The number of ether oxygens (including phenoxy) is 2. The summed E-state index contributed by atoms with van der Waals surface area (Å²) in [6.07, 6.45) is 4.73. The molecule has 0 radical (unpaired) electrons. The first-order valence-corrected chi connectivity index (χ1v) is 9.39. The standard InChI is InChI=1S/C20H32N6O2/c1-21-20(22-10-6-12-26-13-7-11-24-26)23-15-17(25(2)3)16-8-9-18(27-4)19(14-16)28-5/h7-9,11,13-14,17H,6,10,12,15H2,1-5H3,(H2,21,22,23). The first-order chi connectivity index (χ1) is 13.6. The van der Waals surface area contributed by atoms with Crippen molar-refractivity contribution in [3.63, 3.8) is 0 Å². The molecule has 8 heteroatoms. The van der Waals surface area contributed by atoms with Crippen molar-refractivity contribution in [2.45, 2.75) is 19.0 Å². The molecule has 2 rings (SSSR count). The lowest BCUT2D eigenvalue weighted by Gasteiger charge is -2.26. The van der Waals surface area contributed by atoms with Gasteiger partial charge < -0.3 is 25.0 Å². The Balaban J connectivity index is 1.90. The van der Waals surface area contributed by atoms with Gasteiger partial charge in [0.2, 0.25) is 0 Å². The number of guanidine groups is 1. The maximum absolute atomic E-state index is 5.44. The summed E-state index contributed by atoms with van der Waals surface area (Å²) in [4.78, 5) is 6.48. The third kappa shape index (κ3) is 6.16. The summed E-state index contributed by atoms with van der Waals surface area (Å²) in [6.45, 7) is 2.41. The molecule has 0 aliphatic carbocycles. The van der Waals surface area contributed by atoms with Crippen molar-refractivity contribution < 1.29 is 9.47 Å². The van der Waals surface area contributed by atoms with Crippen molar-refractivity contribution in [3.8, 4) is 11.5 Å². The molecule has 0 bridgehead atoms. The zero-order valence-electron chi connectivity index (χ0n) is 17.5. The van der Waals surface area contributed by atoms with Crippen molar-refractivity contribution in [1.29, 1.82) is 0 Å². The Morgan fingerprint density at radius 2 is 2.00 bits per heavy atom. The van der Waals surface area contributed by atoms with E-state index in [-0.39, 0.29) is 6.04 Å². The van der Waals surface area contributed by atoms with Crippen molar-refractivity contribution in [2.75, 3.05) is 48.5 Å². The van der Waals surface area contributed by atoms with Crippen LogP contribution in [0.2, 0.25) is 0 Å². The van der Waals surface area contributed by atoms with Gasteiger partial charge in [-0.25, -0.2) is 0 Å². The van der Waals surface area contributed by atoms with Crippen LogP contribution in [0.1, 0.15) is 18.0 Å². The van der Waals surface area contributed by atoms with Gasteiger partial charge in [-0.3, -0.25) is 9.67 Å². The minimum atomic E-state index is 0.155. The van der Waals surface area contributed by atoms with Crippen LogP contribution in [0.25, 0.3) is 0 Å². The largest absolute Gasteiger partial charge is 0.493 e. The van der Waals surface area contributed by atoms with Gasteiger partial charge in [0.25, 0.3) is 0 Å². The molecule has 0 aliphatic heterocycles. The van der Waals surface area contributed by atoms with E-state index >= 15 is 0 Å². The number of hydrogen-bond acceptors (Lipinski definition) is 5. The number of methoxy groups -OCH3 is 2. The van der Waals surface area contributed by atoms with Gasteiger partial charge in [-0.15, -0.1) is 0 Å². The molecule has 0 fully saturated rings. The van der Waals surface area contributed by atoms with Crippen LogP contribution >= 0.6 is 0 Å². The van der Waals surface area contributed by atoms with E-state index < -0.39 is 0 Å². The molecule has 28 heavy (non-hydrogen) atoms. The Labute approximate surface area is 167 Å². The number of hydrogen-bond donors (Lipinski definition) is 2. The fourth-order valence-electron chi connectivity index (χ4n) is 2.95. The molecular formula is C20H32N6O2. The summed E-state index contributed by atoms with van der Waals surface area (Å²) in [7, 11) is 9.20. The summed E-state index contributed by atoms with van der Waals surface area (Å²) >= 11 is 0. The predicted octanol–water partition coefficient (Wildman–Crippen LogP) is 1.76. The zero-order chi connectivity index (χ0) is 20.4. The zero-order valence-corrected chi connectivity index (χ0v) is 17.5. The molecule has 2 aromatic rings. The van der Waals surface area contributed by atoms with E-state index in [9.17, 15) is 0 Å². The number of aliphatic imine (C=N–C) groups is 1. The molecule has 1 aromatic carbocycles. The Morgan fingerprint density at radius 1 is 1.21 bits per heavy atom. The predicted molar refractivity (Wildman–Crippen MR) is 112 cm³/mol. The second-order valence-corrected chi connectivity index (χ2v) is 6.60. The van der Waals surface area contributed by atoms with Gasteiger partial charge >= 0.3 is 0 Å². The topological polar surface area (TPSA) is 75.9 Å². The van der Waals surface area contributed by atoms with Crippen LogP contribution in [-0.2, 0) is 6.54 Å². The molecule has 0 spiro atoms. The van der Waals surface area contributed by atoms with Crippen LogP contribution in [0.15, 0.2) is 41.7 Å². The molecule has 1 unspecified atom stereocenters. The highest BCUT2D eigenvalue weighted by Gasteiger charge is 2.17. The van der Waals surface area contributed by atoms with Crippen LogP contribution in [0, 0.1) is 0 Å². The van der Waals surface area contributed by atoms with E-state index in [1.54, 1.807) is 27.5 Å². The van der Waals surface area contributed by atoms with E-state index in [1.807, 2.05) is 29.1 Å². The quantitative estimate of drug-likeness (QED) is 0.367. The Morgan fingerprint density at radius 3 is 2.61 bits per heavy atom. The number of likely N-dealkylation sites (N-methyl/N-ethyl adjacent to an activating group) is 1. The summed E-state index contributed by atoms with van der Waals surface area (Å²) < 4.78 is 12.7.